The topological polar surface area (TPSA) is 38.4 Å². The number of aromatic nitrogens is 1. The molecule has 0 unspecified atom stereocenters. The normalized spacial score (nSPS) is 11.8. The Labute approximate surface area is 166 Å². The molecule has 0 bridgehead atoms. The summed E-state index contributed by atoms with van der Waals surface area (Å²) in [5, 5.41) is 1.21. The number of nitrogens with zero attached hydrogens (tertiary/aromatic N) is 2. The van der Waals surface area contributed by atoms with Crippen LogP contribution in [0.5, 0.6) is 0 Å². The van der Waals surface area contributed by atoms with Crippen molar-refractivity contribution in [2.45, 2.75) is 0 Å². The lowest BCUT2D eigenvalue weighted by atomic mass is 10.2. The summed E-state index contributed by atoms with van der Waals surface area (Å²) in [4.78, 5) is 8.98. The molecule has 1 heterocycles. The average Bonchev–Trinajstić information content (AvgIpc) is 3.11. The van der Waals surface area contributed by atoms with Crippen molar-refractivity contribution >= 4 is 52.3 Å². The molecular formula is C22H14Cl2N2O. The van der Waals surface area contributed by atoms with Crippen LogP contribution in [0.3, 0.4) is 0 Å². The number of para-hydroxylation sites is 2. The molecule has 0 radical (unpaired) electrons. The fraction of sp³-hybridized carbons (Fsp3) is 0. The zero-order valence-corrected chi connectivity index (χ0v) is 15.7. The van der Waals surface area contributed by atoms with Crippen molar-refractivity contribution in [2.24, 2.45) is 4.99 Å². The summed E-state index contributed by atoms with van der Waals surface area (Å²) >= 11 is 12.1. The molecule has 0 aliphatic heterocycles. The van der Waals surface area contributed by atoms with Gasteiger partial charge in [-0.15, -0.1) is 0 Å². The number of aliphatic imine (C=N–C) groups is 1. The average molecular weight is 393 g/mol. The highest BCUT2D eigenvalue weighted by atomic mass is 35.5. The lowest BCUT2D eigenvalue weighted by Gasteiger charge is -1.98. The first-order valence-electron chi connectivity index (χ1n) is 8.31. The van der Waals surface area contributed by atoms with Gasteiger partial charge < -0.3 is 4.42 Å². The van der Waals surface area contributed by atoms with Gasteiger partial charge in [-0.2, -0.15) is 0 Å². The highest BCUT2D eigenvalue weighted by Crippen LogP contribution is 2.27. The molecule has 4 aromatic rings. The lowest BCUT2D eigenvalue weighted by Crippen LogP contribution is -1.77. The van der Waals surface area contributed by atoms with Gasteiger partial charge in [0.1, 0.15) is 5.52 Å². The number of allylic oxidation sites excluding steroid dienone is 1. The molecule has 1 aromatic heterocycles. The van der Waals surface area contributed by atoms with Gasteiger partial charge in [-0.3, -0.25) is 4.99 Å². The Kier molecular flexibility index (Phi) is 5.05. The smallest absolute Gasteiger partial charge is 0.227 e. The lowest BCUT2D eigenvalue weighted by molar-refractivity contribution is 0.620. The molecule has 5 heteroatoms. The highest BCUT2D eigenvalue weighted by Gasteiger charge is 2.07. The van der Waals surface area contributed by atoms with Crippen LogP contribution < -0.4 is 0 Å². The zero-order valence-electron chi connectivity index (χ0n) is 14.1. The van der Waals surface area contributed by atoms with Gasteiger partial charge in [0.05, 0.1) is 5.69 Å². The van der Waals surface area contributed by atoms with E-state index in [1.807, 2.05) is 66.7 Å². The van der Waals surface area contributed by atoms with E-state index in [0.717, 1.165) is 27.9 Å². The van der Waals surface area contributed by atoms with Gasteiger partial charge in [-0.1, -0.05) is 53.5 Å². The number of fused-ring (bicyclic) bond motifs is 1. The van der Waals surface area contributed by atoms with Crippen molar-refractivity contribution < 1.29 is 4.42 Å². The maximum Gasteiger partial charge on any atom is 0.227 e. The molecule has 0 fully saturated rings. The number of hydrogen-bond donors (Lipinski definition) is 0. The third kappa shape index (κ3) is 4.11. The standard InChI is InChI=1S/C22H14Cl2N2O/c23-17-11-10-15(19(24)14-17)6-4-12-25-18-7-3-5-16(13-18)22-26-20-8-1-2-9-21(20)27-22/h1-14H. The van der Waals surface area contributed by atoms with E-state index in [0.29, 0.717) is 15.9 Å². The first kappa shape index (κ1) is 17.5. The van der Waals surface area contributed by atoms with E-state index in [2.05, 4.69) is 9.98 Å². The number of hydrogen-bond acceptors (Lipinski definition) is 3. The number of halogens is 2. The fourth-order valence-corrected chi connectivity index (χ4v) is 3.10. The van der Waals surface area contributed by atoms with Gasteiger partial charge >= 0.3 is 0 Å². The van der Waals surface area contributed by atoms with Gasteiger partial charge in [0.15, 0.2) is 5.58 Å². The van der Waals surface area contributed by atoms with E-state index in [4.69, 9.17) is 27.6 Å². The molecule has 0 spiro atoms. The summed E-state index contributed by atoms with van der Waals surface area (Å²) in [5.41, 5.74) is 4.17. The highest BCUT2D eigenvalue weighted by molar-refractivity contribution is 6.35. The minimum Gasteiger partial charge on any atom is -0.436 e. The minimum atomic E-state index is 0.580. The monoisotopic (exact) mass is 392 g/mol. The largest absolute Gasteiger partial charge is 0.436 e. The molecule has 0 aliphatic rings. The molecule has 132 valence electrons. The van der Waals surface area contributed by atoms with E-state index in [-0.39, 0.29) is 0 Å². The van der Waals surface area contributed by atoms with Gasteiger partial charge in [0.2, 0.25) is 5.89 Å². The molecule has 0 aliphatic carbocycles. The molecule has 3 nitrogen and oxygen atoms in total. The van der Waals surface area contributed by atoms with Crippen LogP contribution >= 0.6 is 23.2 Å². The molecule has 27 heavy (non-hydrogen) atoms. The Bertz CT molecular complexity index is 1130. The summed E-state index contributed by atoms with van der Waals surface area (Å²) in [7, 11) is 0. The van der Waals surface area contributed by atoms with Crippen LogP contribution in [-0.2, 0) is 0 Å². The van der Waals surface area contributed by atoms with Crippen LogP contribution in [0.2, 0.25) is 10.0 Å². The second kappa shape index (κ2) is 7.78. The van der Waals surface area contributed by atoms with Crippen LogP contribution in [0.1, 0.15) is 5.56 Å². The molecule has 0 saturated heterocycles. The molecule has 0 N–H and O–H groups in total. The minimum absolute atomic E-state index is 0.580. The quantitative estimate of drug-likeness (QED) is 0.343. The molecule has 0 amide bonds. The van der Waals surface area contributed by atoms with Crippen molar-refractivity contribution in [1.82, 2.24) is 4.98 Å². The van der Waals surface area contributed by atoms with Crippen LogP contribution in [0.15, 0.2) is 82.2 Å². The Balaban J connectivity index is 1.53. The second-order valence-electron chi connectivity index (χ2n) is 5.84. The summed E-state index contributed by atoms with van der Waals surface area (Å²) in [6.45, 7) is 0. The van der Waals surface area contributed by atoms with E-state index in [9.17, 15) is 0 Å². The van der Waals surface area contributed by atoms with Crippen molar-refractivity contribution in [3.63, 3.8) is 0 Å². The zero-order chi connectivity index (χ0) is 18.6. The maximum atomic E-state index is 6.15. The van der Waals surface area contributed by atoms with E-state index >= 15 is 0 Å². The molecule has 4 rings (SSSR count). The van der Waals surface area contributed by atoms with E-state index < -0.39 is 0 Å². The Morgan fingerprint density at radius 3 is 2.67 bits per heavy atom. The van der Waals surface area contributed by atoms with Gasteiger partial charge in [0.25, 0.3) is 0 Å². The van der Waals surface area contributed by atoms with Crippen LogP contribution in [0.4, 0.5) is 5.69 Å². The molecule has 3 aromatic carbocycles. The first-order chi connectivity index (χ1) is 13.2. The fourth-order valence-electron chi connectivity index (χ4n) is 2.63. The van der Waals surface area contributed by atoms with E-state index in [1.54, 1.807) is 18.3 Å². The van der Waals surface area contributed by atoms with E-state index in [1.165, 1.54) is 0 Å². The van der Waals surface area contributed by atoms with Gasteiger partial charge in [0, 0.05) is 21.8 Å². The van der Waals surface area contributed by atoms with Crippen LogP contribution in [-0.4, -0.2) is 11.2 Å². The summed E-state index contributed by atoms with van der Waals surface area (Å²) < 4.78 is 5.81. The SMILES string of the molecule is Clc1ccc(C=CC=Nc2cccc(-c3nc4ccccc4o3)c2)c(Cl)c1. The molecule has 0 saturated carbocycles. The van der Waals surface area contributed by atoms with Crippen LogP contribution in [0, 0.1) is 0 Å². The Morgan fingerprint density at radius 1 is 0.926 bits per heavy atom. The van der Waals surface area contributed by atoms with Crippen molar-refractivity contribution in [3.05, 3.63) is 88.4 Å². The van der Waals surface area contributed by atoms with Crippen molar-refractivity contribution in [1.29, 1.82) is 0 Å². The summed E-state index contributed by atoms with van der Waals surface area (Å²) in [5.74, 6) is 0.580. The Hall–Kier alpha value is -2.88. The predicted molar refractivity (Wildman–Crippen MR) is 113 cm³/mol. The van der Waals surface area contributed by atoms with Crippen molar-refractivity contribution in [3.8, 4) is 11.5 Å². The molecular weight excluding hydrogens is 379 g/mol. The third-order valence-corrected chi connectivity index (χ3v) is 4.50. The number of rotatable bonds is 4. The van der Waals surface area contributed by atoms with Crippen LogP contribution in [0.25, 0.3) is 28.6 Å². The number of oxazole rings is 1. The first-order valence-corrected chi connectivity index (χ1v) is 9.06. The summed E-state index contributed by atoms with van der Waals surface area (Å²) in [6, 6.07) is 20.8. The third-order valence-electron chi connectivity index (χ3n) is 3.93. The number of benzene rings is 3. The maximum absolute atomic E-state index is 6.15. The molecule has 0 atom stereocenters. The predicted octanol–water partition coefficient (Wildman–Crippen LogP) is 7.22. The van der Waals surface area contributed by atoms with Gasteiger partial charge in [-0.25, -0.2) is 4.98 Å². The summed E-state index contributed by atoms with van der Waals surface area (Å²) in [6.07, 6.45) is 5.43. The van der Waals surface area contributed by atoms with Crippen molar-refractivity contribution in [2.75, 3.05) is 0 Å². The Morgan fingerprint density at radius 2 is 1.81 bits per heavy atom. The van der Waals surface area contributed by atoms with Gasteiger partial charge in [-0.05, 0) is 54.1 Å². The second-order valence-corrected chi connectivity index (χ2v) is 6.68.